The third-order valence-corrected chi connectivity index (χ3v) is 2.27. The van der Waals surface area contributed by atoms with Crippen molar-refractivity contribution in [3.63, 3.8) is 0 Å². The molecule has 2 amide bonds. The van der Waals surface area contributed by atoms with E-state index in [2.05, 4.69) is 36.4 Å². The summed E-state index contributed by atoms with van der Waals surface area (Å²) in [6.07, 6.45) is 1.60. The normalized spacial score (nSPS) is 10.8. The van der Waals surface area contributed by atoms with Crippen molar-refractivity contribution in [2.24, 2.45) is 0 Å². The smallest absolute Gasteiger partial charge is 0.323 e. The highest BCUT2D eigenvalue weighted by Gasteiger charge is 2.14. The van der Waals surface area contributed by atoms with Crippen LogP contribution in [0, 0.1) is 0 Å². The van der Waals surface area contributed by atoms with Gasteiger partial charge in [-0.05, 0) is 23.1 Å². The number of hydrogen-bond acceptors (Lipinski definition) is 3. The maximum absolute atomic E-state index is 11.4. The summed E-state index contributed by atoms with van der Waals surface area (Å²) in [6.45, 7) is 5.73. The van der Waals surface area contributed by atoms with Gasteiger partial charge in [0.15, 0.2) is 0 Å². The molecule has 0 fully saturated rings. The van der Waals surface area contributed by atoms with E-state index in [1.807, 2.05) is 6.07 Å². The molecule has 0 aromatic carbocycles. The van der Waals surface area contributed by atoms with E-state index in [9.17, 15) is 9.59 Å². The molecule has 0 unspecified atom stereocenters. The van der Waals surface area contributed by atoms with Crippen LogP contribution in [0.1, 0.15) is 26.3 Å². The number of carboxylic acid groups (broad SMARTS) is 1. The van der Waals surface area contributed by atoms with E-state index in [1.165, 1.54) is 0 Å². The van der Waals surface area contributed by atoms with Gasteiger partial charge in [0, 0.05) is 6.20 Å². The highest BCUT2D eigenvalue weighted by atomic mass is 16.4. The molecule has 6 nitrogen and oxygen atoms in total. The number of carbonyl (C=O) groups excluding carboxylic acids is 1. The maximum atomic E-state index is 11.4. The van der Waals surface area contributed by atoms with Gasteiger partial charge in [-0.1, -0.05) is 20.8 Å². The predicted molar refractivity (Wildman–Crippen MR) is 67.6 cm³/mol. The Morgan fingerprint density at radius 3 is 2.61 bits per heavy atom. The molecule has 0 radical (unpaired) electrons. The molecule has 98 valence electrons. The number of nitrogens with one attached hydrogen (secondary N) is 2. The van der Waals surface area contributed by atoms with Crippen LogP contribution >= 0.6 is 0 Å². The van der Waals surface area contributed by atoms with Crippen LogP contribution in [0.2, 0.25) is 0 Å². The second-order valence-electron chi connectivity index (χ2n) is 4.88. The van der Waals surface area contributed by atoms with E-state index in [-0.39, 0.29) is 5.41 Å². The van der Waals surface area contributed by atoms with E-state index < -0.39 is 18.5 Å². The van der Waals surface area contributed by atoms with Gasteiger partial charge in [0.05, 0.1) is 0 Å². The Kier molecular flexibility index (Phi) is 4.25. The third kappa shape index (κ3) is 4.40. The summed E-state index contributed by atoms with van der Waals surface area (Å²) in [7, 11) is 0. The standard InChI is InChI=1S/C12H17N3O3/c1-12(2,3)8-4-5-13-9(6-8)15-11(18)14-7-10(16)17/h4-6H,7H2,1-3H3,(H,16,17)(H2,13,14,15,18). The Hall–Kier alpha value is -2.11. The Balaban J connectivity index is 2.68. The number of anilines is 1. The summed E-state index contributed by atoms with van der Waals surface area (Å²) in [5.74, 6) is -0.702. The Morgan fingerprint density at radius 2 is 2.06 bits per heavy atom. The highest BCUT2D eigenvalue weighted by molar-refractivity contribution is 5.90. The van der Waals surface area contributed by atoms with Crippen molar-refractivity contribution >= 4 is 17.8 Å². The van der Waals surface area contributed by atoms with Crippen molar-refractivity contribution in [3.8, 4) is 0 Å². The minimum Gasteiger partial charge on any atom is -0.480 e. The van der Waals surface area contributed by atoms with Crippen molar-refractivity contribution < 1.29 is 14.7 Å². The van der Waals surface area contributed by atoms with Crippen LogP contribution in [0.15, 0.2) is 18.3 Å². The zero-order valence-corrected chi connectivity index (χ0v) is 10.7. The summed E-state index contributed by atoms with van der Waals surface area (Å²) in [5, 5.41) is 13.1. The zero-order chi connectivity index (χ0) is 13.8. The summed E-state index contributed by atoms with van der Waals surface area (Å²) in [6, 6.07) is 3.05. The van der Waals surface area contributed by atoms with Gasteiger partial charge in [-0.25, -0.2) is 9.78 Å². The molecule has 0 aliphatic heterocycles. The first-order chi connectivity index (χ1) is 8.29. The maximum Gasteiger partial charge on any atom is 0.323 e. The first-order valence-electron chi connectivity index (χ1n) is 5.52. The van der Waals surface area contributed by atoms with Crippen LogP contribution in [0.5, 0.6) is 0 Å². The topological polar surface area (TPSA) is 91.3 Å². The van der Waals surface area contributed by atoms with E-state index >= 15 is 0 Å². The van der Waals surface area contributed by atoms with Gasteiger partial charge in [0.1, 0.15) is 12.4 Å². The lowest BCUT2D eigenvalue weighted by Gasteiger charge is -2.19. The number of rotatable bonds is 3. The molecule has 0 aliphatic carbocycles. The summed E-state index contributed by atoms with van der Waals surface area (Å²) >= 11 is 0. The van der Waals surface area contributed by atoms with E-state index in [0.717, 1.165) is 5.56 Å². The first-order valence-corrected chi connectivity index (χ1v) is 5.52. The minimum atomic E-state index is -1.10. The highest BCUT2D eigenvalue weighted by Crippen LogP contribution is 2.23. The number of pyridine rings is 1. The van der Waals surface area contributed by atoms with Crippen LogP contribution < -0.4 is 10.6 Å². The molecule has 1 aromatic heterocycles. The van der Waals surface area contributed by atoms with Crippen molar-refractivity contribution in [2.45, 2.75) is 26.2 Å². The van der Waals surface area contributed by atoms with Crippen molar-refractivity contribution in [1.29, 1.82) is 0 Å². The van der Waals surface area contributed by atoms with Crippen LogP contribution in [-0.4, -0.2) is 28.6 Å². The van der Waals surface area contributed by atoms with Crippen LogP contribution in [0.3, 0.4) is 0 Å². The molecule has 1 heterocycles. The second-order valence-corrected chi connectivity index (χ2v) is 4.88. The molecular weight excluding hydrogens is 234 g/mol. The molecule has 1 rings (SSSR count). The van der Waals surface area contributed by atoms with Gasteiger partial charge in [-0.15, -0.1) is 0 Å². The number of aliphatic carboxylic acids is 1. The monoisotopic (exact) mass is 251 g/mol. The SMILES string of the molecule is CC(C)(C)c1ccnc(NC(=O)NCC(=O)O)c1. The quantitative estimate of drug-likeness (QED) is 0.760. The van der Waals surface area contributed by atoms with Crippen LogP contribution in [0.4, 0.5) is 10.6 Å². The molecule has 1 aromatic rings. The minimum absolute atomic E-state index is 0.0447. The number of hydrogen-bond donors (Lipinski definition) is 3. The van der Waals surface area contributed by atoms with E-state index in [4.69, 9.17) is 5.11 Å². The molecule has 18 heavy (non-hydrogen) atoms. The lowest BCUT2D eigenvalue weighted by molar-refractivity contribution is -0.135. The molecule has 0 saturated heterocycles. The number of urea groups is 1. The largest absolute Gasteiger partial charge is 0.480 e. The lowest BCUT2D eigenvalue weighted by atomic mass is 9.88. The fourth-order valence-electron chi connectivity index (χ4n) is 1.28. The van der Waals surface area contributed by atoms with Crippen LogP contribution in [0.25, 0.3) is 0 Å². The fraction of sp³-hybridized carbons (Fsp3) is 0.417. The van der Waals surface area contributed by atoms with Gasteiger partial charge < -0.3 is 10.4 Å². The number of aromatic nitrogens is 1. The number of carboxylic acids is 1. The Morgan fingerprint density at radius 1 is 1.39 bits per heavy atom. The van der Waals surface area contributed by atoms with E-state index in [0.29, 0.717) is 5.82 Å². The summed E-state index contributed by atoms with van der Waals surface area (Å²) < 4.78 is 0. The Bertz CT molecular complexity index is 452. The predicted octanol–water partition coefficient (Wildman–Crippen LogP) is 1.59. The fourth-order valence-corrected chi connectivity index (χ4v) is 1.28. The third-order valence-electron chi connectivity index (χ3n) is 2.27. The van der Waals surface area contributed by atoms with E-state index in [1.54, 1.807) is 12.3 Å². The van der Waals surface area contributed by atoms with Gasteiger partial charge in [-0.2, -0.15) is 0 Å². The Labute approximate surface area is 105 Å². The second kappa shape index (κ2) is 5.48. The van der Waals surface area contributed by atoms with Crippen molar-refractivity contribution in [3.05, 3.63) is 23.9 Å². The van der Waals surface area contributed by atoms with Crippen molar-refractivity contribution in [1.82, 2.24) is 10.3 Å². The molecule has 0 aliphatic rings. The molecule has 0 saturated carbocycles. The molecule has 0 spiro atoms. The number of amides is 2. The lowest BCUT2D eigenvalue weighted by Crippen LogP contribution is -2.33. The molecule has 3 N–H and O–H groups in total. The molecule has 6 heteroatoms. The van der Waals surface area contributed by atoms with Gasteiger partial charge in [-0.3, -0.25) is 10.1 Å². The number of nitrogens with zero attached hydrogens (tertiary/aromatic N) is 1. The van der Waals surface area contributed by atoms with Gasteiger partial charge >= 0.3 is 12.0 Å². The van der Waals surface area contributed by atoms with Gasteiger partial charge in [0.2, 0.25) is 0 Å². The van der Waals surface area contributed by atoms with Gasteiger partial charge in [0.25, 0.3) is 0 Å². The molecule has 0 atom stereocenters. The number of carbonyl (C=O) groups is 2. The molecular formula is C12H17N3O3. The van der Waals surface area contributed by atoms with Crippen molar-refractivity contribution in [2.75, 3.05) is 11.9 Å². The average Bonchev–Trinajstić information content (AvgIpc) is 2.25. The summed E-state index contributed by atoms with van der Waals surface area (Å²) in [5.41, 5.74) is 0.989. The first kappa shape index (κ1) is 14.0. The summed E-state index contributed by atoms with van der Waals surface area (Å²) in [4.78, 5) is 25.6. The van der Waals surface area contributed by atoms with Crippen LogP contribution in [-0.2, 0) is 10.2 Å². The zero-order valence-electron chi connectivity index (χ0n) is 10.7. The molecule has 0 bridgehead atoms. The average molecular weight is 251 g/mol.